The Balaban J connectivity index is 1.70. The summed E-state index contributed by atoms with van der Waals surface area (Å²) in [4.78, 5) is 15.2. The summed E-state index contributed by atoms with van der Waals surface area (Å²) in [5.74, 6) is -0.123. The van der Waals surface area contributed by atoms with Crippen LogP contribution in [0.15, 0.2) is 24.3 Å². The Morgan fingerprint density at radius 1 is 1.38 bits per heavy atom. The molecule has 1 amide bonds. The van der Waals surface area contributed by atoms with Crippen molar-refractivity contribution in [2.24, 2.45) is 11.1 Å². The van der Waals surface area contributed by atoms with Gasteiger partial charge in [0.25, 0.3) is 0 Å². The van der Waals surface area contributed by atoms with E-state index < -0.39 is 5.54 Å². The number of rotatable bonds is 5. The molecule has 5 nitrogen and oxygen atoms in total. The fourth-order valence-corrected chi connectivity index (χ4v) is 3.82. The Hall–Kier alpha value is -1.59. The van der Waals surface area contributed by atoms with Crippen LogP contribution in [0.4, 0.5) is 11.4 Å². The molecule has 1 heterocycles. The van der Waals surface area contributed by atoms with Crippen molar-refractivity contribution in [1.29, 1.82) is 0 Å². The molecule has 1 aliphatic heterocycles. The maximum Gasteiger partial charge on any atom is 0.245 e. The molecule has 2 atom stereocenters. The van der Waals surface area contributed by atoms with E-state index in [0.29, 0.717) is 13.0 Å². The minimum absolute atomic E-state index is 0.0363. The lowest BCUT2D eigenvalue weighted by Gasteiger charge is -2.57. The van der Waals surface area contributed by atoms with Crippen molar-refractivity contribution < 1.29 is 9.53 Å². The average molecular weight is 331 g/mol. The van der Waals surface area contributed by atoms with Gasteiger partial charge in [-0.2, -0.15) is 0 Å². The van der Waals surface area contributed by atoms with Gasteiger partial charge in [-0.1, -0.05) is 19.9 Å². The van der Waals surface area contributed by atoms with Gasteiger partial charge in [0.05, 0.1) is 6.10 Å². The molecule has 1 aliphatic carbocycles. The van der Waals surface area contributed by atoms with E-state index in [4.69, 9.17) is 10.5 Å². The number of nitrogens with zero attached hydrogens (tertiary/aromatic N) is 1. The predicted molar refractivity (Wildman–Crippen MR) is 97.2 cm³/mol. The lowest BCUT2D eigenvalue weighted by Crippen LogP contribution is -2.74. The summed E-state index contributed by atoms with van der Waals surface area (Å²) in [6, 6.07) is 8.05. The van der Waals surface area contributed by atoms with Crippen molar-refractivity contribution in [2.75, 3.05) is 29.9 Å². The van der Waals surface area contributed by atoms with Crippen LogP contribution in [0.2, 0.25) is 0 Å². The minimum atomic E-state index is -0.892. The monoisotopic (exact) mass is 331 g/mol. The lowest BCUT2D eigenvalue weighted by atomic mass is 9.54. The second-order valence-electron chi connectivity index (χ2n) is 7.54. The third-order valence-electron chi connectivity index (χ3n) is 5.81. The first-order chi connectivity index (χ1) is 11.4. The zero-order valence-corrected chi connectivity index (χ0v) is 15.0. The molecule has 1 saturated carbocycles. The highest BCUT2D eigenvalue weighted by atomic mass is 16.5. The summed E-state index contributed by atoms with van der Waals surface area (Å²) in [6.07, 6.45) is 3.06. The van der Waals surface area contributed by atoms with Crippen LogP contribution in [-0.2, 0) is 9.53 Å². The summed E-state index contributed by atoms with van der Waals surface area (Å²) >= 11 is 0. The molecule has 0 spiro atoms. The Kier molecular flexibility index (Phi) is 4.58. The molecular weight excluding hydrogens is 302 g/mol. The molecule has 132 valence electrons. The molecule has 1 aromatic rings. The Morgan fingerprint density at radius 3 is 2.71 bits per heavy atom. The first-order valence-electron chi connectivity index (χ1n) is 8.95. The van der Waals surface area contributed by atoms with Gasteiger partial charge < -0.3 is 20.7 Å². The van der Waals surface area contributed by atoms with Crippen molar-refractivity contribution in [3.63, 3.8) is 0 Å². The van der Waals surface area contributed by atoms with Gasteiger partial charge in [0, 0.05) is 42.9 Å². The molecule has 2 fully saturated rings. The number of nitrogens with one attached hydrogen (secondary N) is 1. The van der Waals surface area contributed by atoms with E-state index in [-0.39, 0.29) is 17.4 Å². The molecular formula is C19H29N3O2. The molecule has 24 heavy (non-hydrogen) atoms. The Labute approximate surface area is 144 Å². The van der Waals surface area contributed by atoms with Crippen LogP contribution < -0.4 is 16.0 Å². The second kappa shape index (κ2) is 6.37. The first-order valence-corrected chi connectivity index (χ1v) is 8.95. The van der Waals surface area contributed by atoms with Crippen LogP contribution in [0.3, 0.4) is 0 Å². The number of anilines is 2. The fraction of sp³-hybridized carbons (Fsp3) is 0.632. The van der Waals surface area contributed by atoms with Crippen LogP contribution in [-0.4, -0.2) is 37.2 Å². The maximum absolute atomic E-state index is 12.8. The minimum Gasteiger partial charge on any atom is -0.378 e. The number of carbonyl (C=O) groups is 1. The largest absolute Gasteiger partial charge is 0.378 e. The van der Waals surface area contributed by atoms with Gasteiger partial charge in [0.15, 0.2) is 0 Å². The molecule has 3 rings (SSSR count). The average Bonchev–Trinajstić information content (AvgIpc) is 3.09. The quantitative estimate of drug-likeness (QED) is 0.870. The van der Waals surface area contributed by atoms with Crippen molar-refractivity contribution in [1.82, 2.24) is 0 Å². The topological polar surface area (TPSA) is 67.6 Å². The molecule has 2 unspecified atom stereocenters. The Morgan fingerprint density at radius 2 is 2.08 bits per heavy atom. The molecule has 0 aromatic heterocycles. The van der Waals surface area contributed by atoms with Gasteiger partial charge in [-0.15, -0.1) is 0 Å². The second-order valence-corrected chi connectivity index (χ2v) is 7.54. The van der Waals surface area contributed by atoms with E-state index in [1.54, 1.807) is 0 Å². The molecule has 5 heteroatoms. The zero-order chi connectivity index (χ0) is 17.4. The normalized spacial score (nSPS) is 28.5. The summed E-state index contributed by atoms with van der Waals surface area (Å²) in [5, 5.41) is 3.02. The van der Waals surface area contributed by atoms with Crippen molar-refractivity contribution >= 4 is 17.3 Å². The number of hydrogen-bond donors (Lipinski definition) is 2. The number of ether oxygens (including phenoxy) is 1. The van der Waals surface area contributed by atoms with E-state index in [1.165, 1.54) is 12.8 Å². The van der Waals surface area contributed by atoms with E-state index in [9.17, 15) is 4.79 Å². The van der Waals surface area contributed by atoms with Gasteiger partial charge in [-0.25, -0.2) is 0 Å². The third kappa shape index (κ3) is 2.80. The van der Waals surface area contributed by atoms with Gasteiger partial charge in [0.1, 0.15) is 5.54 Å². The maximum atomic E-state index is 12.8. The van der Waals surface area contributed by atoms with Crippen LogP contribution in [0, 0.1) is 5.41 Å². The highest BCUT2D eigenvalue weighted by Gasteiger charge is 2.62. The van der Waals surface area contributed by atoms with Crippen molar-refractivity contribution in [2.45, 2.75) is 51.7 Å². The standard InChI is InChI=1S/C19H29N3O2/c1-4-24-16-13-19(20,18(16,2)3)17(23)21-14-8-7-9-15(12-14)22-10-5-6-11-22/h7-9,12,16H,4-6,10-11,13,20H2,1-3H3,(H,21,23). The molecule has 1 saturated heterocycles. The zero-order valence-electron chi connectivity index (χ0n) is 15.0. The number of carbonyl (C=O) groups excluding carboxylic acids is 1. The van der Waals surface area contributed by atoms with Crippen molar-refractivity contribution in [3.8, 4) is 0 Å². The van der Waals surface area contributed by atoms with Gasteiger partial charge >= 0.3 is 0 Å². The predicted octanol–water partition coefficient (Wildman–Crippen LogP) is 2.76. The van der Waals surface area contributed by atoms with Gasteiger partial charge in [0.2, 0.25) is 5.91 Å². The molecule has 2 aliphatic rings. The Bertz CT molecular complexity index is 610. The van der Waals surface area contributed by atoms with Crippen LogP contribution in [0.25, 0.3) is 0 Å². The van der Waals surface area contributed by atoms with Crippen LogP contribution >= 0.6 is 0 Å². The highest BCUT2D eigenvalue weighted by Crippen LogP contribution is 2.50. The molecule has 0 bridgehead atoms. The number of nitrogens with two attached hydrogens (primary N) is 1. The third-order valence-corrected chi connectivity index (χ3v) is 5.81. The number of hydrogen-bond acceptors (Lipinski definition) is 4. The summed E-state index contributed by atoms with van der Waals surface area (Å²) in [6.45, 7) is 8.80. The van der Waals surface area contributed by atoms with E-state index >= 15 is 0 Å². The van der Waals surface area contributed by atoms with Gasteiger partial charge in [-0.05, 0) is 38.0 Å². The molecule has 3 N–H and O–H groups in total. The fourth-order valence-electron chi connectivity index (χ4n) is 3.82. The smallest absolute Gasteiger partial charge is 0.245 e. The molecule has 1 aromatic carbocycles. The highest BCUT2D eigenvalue weighted by molar-refractivity contribution is 6.00. The number of amides is 1. The van der Waals surface area contributed by atoms with Crippen molar-refractivity contribution in [3.05, 3.63) is 24.3 Å². The van der Waals surface area contributed by atoms with Crippen LogP contribution in [0.5, 0.6) is 0 Å². The first kappa shape index (κ1) is 17.2. The van der Waals surface area contributed by atoms with Crippen LogP contribution in [0.1, 0.15) is 40.0 Å². The SMILES string of the molecule is CCOC1CC(N)(C(=O)Nc2cccc(N3CCCC3)c2)C1(C)C. The van der Waals surface area contributed by atoms with Gasteiger partial charge in [-0.3, -0.25) is 4.79 Å². The van der Waals surface area contributed by atoms with E-state index in [0.717, 1.165) is 24.5 Å². The summed E-state index contributed by atoms with van der Waals surface area (Å²) in [7, 11) is 0. The molecule has 0 radical (unpaired) electrons. The summed E-state index contributed by atoms with van der Waals surface area (Å²) < 4.78 is 5.71. The lowest BCUT2D eigenvalue weighted by molar-refractivity contribution is -0.166. The number of benzene rings is 1. The van der Waals surface area contributed by atoms with E-state index in [2.05, 4.69) is 16.3 Å². The summed E-state index contributed by atoms with van der Waals surface area (Å²) in [5.41, 5.74) is 7.16. The van der Waals surface area contributed by atoms with E-state index in [1.807, 2.05) is 39.0 Å².